The number of phosphoric ester groups is 1. The summed E-state index contributed by atoms with van der Waals surface area (Å²) < 4.78 is 35.6. The van der Waals surface area contributed by atoms with E-state index in [1.807, 2.05) is 0 Å². The zero-order chi connectivity index (χ0) is 21.2. The number of aliphatic hydroxyl groups is 7. The van der Waals surface area contributed by atoms with Crippen LogP contribution in [0.5, 0.6) is 0 Å². The molecule has 0 amide bonds. The fraction of sp³-hybridized carbons (Fsp3) is 1.00. The zero-order valence-corrected chi connectivity index (χ0v) is 15.6. The van der Waals surface area contributed by atoms with Crippen molar-refractivity contribution in [1.82, 2.24) is 0 Å². The van der Waals surface area contributed by atoms with E-state index >= 15 is 0 Å². The third-order valence-electron chi connectivity index (χ3n) is 4.42. The number of phosphoric acid groups is 1. The van der Waals surface area contributed by atoms with Gasteiger partial charge in [0.1, 0.15) is 48.8 Å². The standard InChI is InChI=1S/C13H25O14P/c1-23-28(21,22)24-3-5-7(16)9(18)11(20)13(26-5)27-12-10(19)8(17)6(15)4(2-14)25-12/h4-20H,2-3H2,1H3,(H,21,22)/t4?,5?,6-,7-,8?,9?,10?,11?,12-,13-/m1/s1. The van der Waals surface area contributed by atoms with Gasteiger partial charge in [-0.1, -0.05) is 0 Å². The maximum atomic E-state index is 11.4. The molecule has 0 bridgehead atoms. The lowest BCUT2D eigenvalue weighted by Crippen LogP contribution is -2.63. The second-order valence-corrected chi connectivity index (χ2v) is 7.86. The lowest BCUT2D eigenvalue weighted by molar-refractivity contribution is -0.376. The van der Waals surface area contributed by atoms with Crippen LogP contribution in [-0.2, 0) is 27.8 Å². The average Bonchev–Trinajstić information content (AvgIpc) is 2.67. The summed E-state index contributed by atoms with van der Waals surface area (Å²) in [6.45, 7) is -1.46. The minimum Gasteiger partial charge on any atom is -0.394 e. The highest BCUT2D eigenvalue weighted by atomic mass is 31.2. The molecule has 0 radical (unpaired) electrons. The molecule has 15 heteroatoms. The molecule has 166 valence electrons. The molecule has 8 N–H and O–H groups in total. The van der Waals surface area contributed by atoms with Gasteiger partial charge >= 0.3 is 7.82 Å². The molecule has 2 heterocycles. The maximum absolute atomic E-state index is 11.4. The number of ether oxygens (including phenoxy) is 3. The van der Waals surface area contributed by atoms with E-state index in [-0.39, 0.29) is 0 Å². The highest BCUT2D eigenvalue weighted by Crippen LogP contribution is 2.42. The molecule has 2 rings (SSSR count). The van der Waals surface area contributed by atoms with Crippen molar-refractivity contribution in [3.63, 3.8) is 0 Å². The van der Waals surface area contributed by atoms with Crippen LogP contribution in [0.3, 0.4) is 0 Å². The molecular formula is C13H25O14P. The zero-order valence-electron chi connectivity index (χ0n) is 14.7. The third-order valence-corrected chi connectivity index (χ3v) is 5.35. The Morgan fingerprint density at radius 2 is 1.29 bits per heavy atom. The molecule has 28 heavy (non-hydrogen) atoms. The Bertz CT molecular complexity index is 547. The van der Waals surface area contributed by atoms with Gasteiger partial charge in [0.2, 0.25) is 0 Å². The second kappa shape index (κ2) is 9.68. The first kappa shape index (κ1) is 24.0. The smallest absolute Gasteiger partial charge is 0.394 e. The van der Waals surface area contributed by atoms with E-state index in [1.54, 1.807) is 0 Å². The Balaban J connectivity index is 2.07. The summed E-state index contributed by atoms with van der Waals surface area (Å²) in [6.07, 6.45) is -16.8. The molecule has 0 aromatic carbocycles. The predicted molar refractivity (Wildman–Crippen MR) is 84.3 cm³/mol. The topological polar surface area (TPSA) is 225 Å². The third kappa shape index (κ3) is 5.24. The van der Waals surface area contributed by atoms with Crippen molar-refractivity contribution < 1.29 is 68.5 Å². The van der Waals surface area contributed by atoms with Gasteiger partial charge in [0, 0.05) is 7.11 Å². The van der Waals surface area contributed by atoms with Gasteiger partial charge in [-0.05, 0) is 0 Å². The van der Waals surface area contributed by atoms with Gasteiger partial charge in [-0.3, -0.25) is 9.05 Å². The Morgan fingerprint density at radius 3 is 1.75 bits per heavy atom. The van der Waals surface area contributed by atoms with Crippen molar-refractivity contribution in [1.29, 1.82) is 0 Å². The largest absolute Gasteiger partial charge is 0.472 e. The molecule has 2 saturated heterocycles. The molecule has 0 spiro atoms. The molecule has 0 aromatic heterocycles. The van der Waals surface area contributed by atoms with Crippen molar-refractivity contribution >= 4 is 7.82 Å². The van der Waals surface area contributed by atoms with E-state index in [9.17, 15) is 40.1 Å². The predicted octanol–water partition coefficient (Wildman–Crippen LogP) is -4.63. The molecule has 11 atom stereocenters. The van der Waals surface area contributed by atoms with Crippen molar-refractivity contribution in [3.05, 3.63) is 0 Å². The Hall–Kier alpha value is -0.290. The summed E-state index contributed by atoms with van der Waals surface area (Å²) in [4.78, 5) is 9.23. The molecular weight excluding hydrogens is 411 g/mol. The summed E-state index contributed by atoms with van der Waals surface area (Å²) in [5, 5.41) is 68.5. The first-order valence-corrected chi connectivity index (χ1v) is 9.70. The van der Waals surface area contributed by atoms with Gasteiger partial charge in [-0.15, -0.1) is 0 Å². The van der Waals surface area contributed by atoms with Crippen LogP contribution in [0.25, 0.3) is 0 Å². The van der Waals surface area contributed by atoms with Gasteiger partial charge in [0.25, 0.3) is 0 Å². The molecule has 0 aromatic rings. The molecule has 14 nitrogen and oxygen atoms in total. The summed E-state index contributed by atoms with van der Waals surface area (Å²) in [6, 6.07) is 0. The summed E-state index contributed by atoms with van der Waals surface area (Å²) in [7, 11) is -3.52. The van der Waals surface area contributed by atoms with Crippen LogP contribution in [0.2, 0.25) is 0 Å². The van der Waals surface area contributed by atoms with Crippen molar-refractivity contribution in [2.45, 2.75) is 61.4 Å². The lowest BCUT2D eigenvalue weighted by atomic mass is 9.98. The van der Waals surface area contributed by atoms with Gasteiger partial charge in [0.05, 0.1) is 13.2 Å². The van der Waals surface area contributed by atoms with Crippen LogP contribution in [0.1, 0.15) is 0 Å². The van der Waals surface area contributed by atoms with Crippen LogP contribution >= 0.6 is 7.82 Å². The molecule has 2 aliphatic heterocycles. The summed E-state index contributed by atoms with van der Waals surface area (Å²) in [5.41, 5.74) is 0. The fourth-order valence-corrected chi connectivity index (χ4v) is 3.14. The van der Waals surface area contributed by atoms with Gasteiger partial charge in [0.15, 0.2) is 12.6 Å². The average molecular weight is 436 g/mol. The van der Waals surface area contributed by atoms with Crippen LogP contribution < -0.4 is 0 Å². The quantitative estimate of drug-likeness (QED) is 0.176. The summed E-state index contributed by atoms with van der Waals surface area (Å²) >= 11 is 0. The molecule has 2 aliphatic rings. The first-order chi connectivity index (χ1) is 13.0. The van der Waals surface area contributed by atoms with Crippen LogP contribution in [0.4, 0.5) is 0 Å². The molecule has 7 unspecified atom stereocenters. The number of rotatable bonds is 7. The van der Waals surface area contributed by atoms with E-state index in [0.717, 1.165) is 7.11 Å². The minimum absolute atomic E-state index is 0.723. The second-order valence-electron chi connectivity index (χ2n) is 6.29. The first-order valence-electron chi connectivity index (χ1n) is 8.21. The number of hydrogen-bond acceptors (Lipinski definition) is 13. The van der Waals surface area contributed by atoms with E-state index in [0.29, 0.717) is 0 Å². The number of hydrogen-bond donors (Lipinski definition) is 8. The van der Waals surface area contributed by atoms with Crippen LogP contribution in [0.15, 0.2) is 0 Å². The molecule has 0 aliphatic carbocycles. The normalized spacial score (nSPS) is 46.9. The highest BCUT2D eigenvalue weighted by molar-refractivity contribution is 7.47. The Kier molecular flexibility index (Phi) is 8.29. The Morgan fingerprint density at radius 1 is 0.821 bits per heavy atom. The fourth-order valence-electron chi connectivity index (χ4n) is 2.70. The lowest BCUT2D eigenvalue weighted by Gasteiger charge is -2.44. The van der Waals surface area contributed by atoms with E-state index < -0.39 is 82.4 Å². The Labute approximate surface area is 159 Å². The van der Waals surface area contributed by atoms with E-state index in [2.05, 4.69) is 9.05 Å². The highest BCUT2D eigenvalue weighted by Gasteiger charge is 2.50. The van der Waals surface area contributed by atoms with Crippen molar-refractivity contribution in [2.24, 2.45) is 0 Å². The van der Waals surface area contributed by atoms with Gasteiger partial charge in [-0.25, -0.2) is 4.57 Å². The van der Waals surface area contributed by atoms with Crippen molar-refractivity contribution in [2.75, 3.05) is 20.3 Å². The molecule has 0 saturated carbocycles. The maximum Gasteiger partial charge on any atom is 0.472 e. The van der Waals surface area contributed by atoms with Crippen LogP contribution in [-0.4, -0.2) is 122 Å². The van der Waals surface area contributed by atoms with Crippen LogP contribution in [0, 0.1) is 0 Å². The SMILES string of the molecule is COP(=O)(O)OCC1O[C@H](O[C@H]2OC(CO)[C@@H](O)C(O)C2O)C(O)C(O)[C@@H]1O. The van der Waals surface area contributed by atoms with E-state index in [4.69, 9.17) is 19.3 Å². The summed E-state index contributed by atoms with van der Waals surface area (Å²) in [5.74, 6) is 0. The van der Waals surface area contributed by atoms with E-state index in [1.165, 1.54) is 0 Å². The molecule has 2 fully saturated rings. The van der Waals surface area contributed by atoms with Gasteiger partial charge in [-0.2, -0.15) is 0 Å². The number of aliphatic hydroxyl groups excluding tert-OH is 7. The monoisotopic (exact) mass is 436 g/mol. The van der Waals surface area contributed by atoms with Crippen molar-refractivity contribution in [3.8, 4) is 0 Å². The minimum atomic E-state index is -4.42. The van der Waals surface area contributed by atoms with Gasteiger partial charge < -0.3 is 54.8 Å².